The van der Waals surface area contributed by atoms with Crippen LogP contribution in [0.4, 0.5) is 0 Å². The van der Waals surface area contributed by atoms with Gasteiger partial charge in [-0.3, -0.25) is 4.79 Å². The number of nitrogens with zero attached hydrogens (tertiary/aromatic N) is 2. The Bertz CT molecular complexity index is 2350. The lowest BCUT2D eigenvalue weighted by Gasteiger charge is -2.60. The van der Waals surface area contributed by atoms with E-state index in [0.717, 1.165) is 89.4 Å². The minimum absolute atomic E-state index is 0.0703. The zero-order chi connectivity index (χ0) is 48.6. The molecule has 4 aromatic rings. The molecule has 0 spiro atoms. The van der Waals surface area contributed by atoms with Crippen molar-refractivity contribution in [1.82, 2.24) is 4.90 Å². The van der Waals surface area contributed by atoms with Crippen molar-refractivity contribution in [1.29, 1.82) is 0 Å². The van der Waals surface area contributed by atoms with Gasteiger partial charge in [-0.2, -0.15) is 0 Å². The fraction of sp³-hybridized carbons (Fsp3) is 0.533. The van der Waals surface area contributed by atoms with Crippen LogP contribution in [0.15, 0.2) is 108 Å². The Kier molecular flexibility index (Phi) is 19.4. The second-order valence-corrected chi connectivity index (χ2v) is 19.8. The molecular formula is C60H80N2O7. The van der Waals surface area contributed by atoms with Crippen molar-refractivity contribution in [3.63, 3.8) is 0 Å². The number of allylic oxidation sites excluding steroid dienone is 1. The third-order valence-corrected chi connectivity index (χ3v) is 15.1. The monoisotopic (exact) mass is 941 g/mol. The molecule has 69 heavy (non-hydrogen) atoms. The molecule has 1 amide bonds. The van der Waals surface area contributed by atoms with E-state index in [1.807, 2.05) is 25.1 Å². The summed E-state index contributed by atoms with van der Waals surface area (Å²) in [6, 6.07) is 26.5. The molecule has 6 atom stereocenters. The van der Waals surface area contributed by atoms with Gasteiger partial charge < -0.3 is 34.2 Å². The molecule has 0 bridgehead atoms. The smallest absolute Gasteiger partial charge is 0.239 e. The highest BCUT2D eigenvalue weighted by Crippen LogP contribution is 2.62. The molecule has 0 saturated heterocycles. The van der Waals surface area contributed by atoms with Crippen LogP contribution in [0.1, 0.15) is 151 Å². The van der Waals surface area contributed by atoms with Crippen LogP contribution in [0.5, 0.6) is 17.2 Å². The first-order chi connectivity index (χ1) is 33.8. The number of hydrogen-bond donors (Lipinski definition) is 2. The number of carbonyl (C=O) groups is 1. The first-order valence-electron chi connectivity index (χ1n) is 26.5. The third-order valence-electron chi connectivity index (χ3n) is 15.1. The highest BCUT2D eigenvalue weighted by molar-refractivity contribution is 6.03. The van der Waals surface area contributed by atoms with Crippen molar-refractivity contribution in [2.45, 2.75) is 161 Å². The fourth-order valence-electron chi connectivity index (χ4n) is 11.5. The quantitative estimate of drug-likeness (QED) is 0.0331. The molecule has 6 unspecified atom stereocenters. The Balaban J connectivity index is 1.38. The Morgan fingerprint density at radius 3 is 2.28 bits per heavy atom. The number of aliphatic hydroxyl groups excluding tert-OH is 2. The number of ether oxygens (including phenoxy) is 3. The van der Waals surface area contributed by atoms with E-state index >= 15 is 4.79 Å². The number of benzene rings is 4. The summed E-state index contributed by atoms with van der Waals surface area (Å²) in [5.41, 5.74) is 6.29. The number of amides is 1. The van der Waals surface area contributed by atoms with Crippen molar-refractivity contribution < 1.29 is 34.1 Å². The maximum absolute atomic E-state index is 15.4. The first-order valence-corrected chi connectivity index (χ1v) is 26.5. The summed E-state index contributed by atoms with van der Waals surface area (Å²) in [7, 11) is 0. The van der Waals surface area contributed by atoms with Crippen LogP contribution >= 0.6 is 0 Å². The SMILES string of the molecule is C=CCOC12Oc3ccc(Oc4ccc(C)c(C)c4)cc3C3C(CCCCO)C(CCCCO)C=C(C(=NOCC)CC1N(Cc1cccc4ccccc14)C(=O)CCCCCCCCCCC)C32. The Morgan fingerprint density at radius 2 is 1.54 bits per heavy atom. The molecule has 1 saturated carbocycles. The predicted octanol–water partition coefficient (Wildman–Crippen LogP) is 13.9. The molecule has 0 aromatic heterocycles. The fourth-order valence-corrected chi connectivity index (χ4v) is 11.5. The molecule has 9 nitrogen and oxygen atoms in total. The van der Waals surface area contributed by atoms with Crippen LogP contribution < -0.4 is 9.47 Å². The number of carbonyl (C=O) groups excluding carboxylic acids is 1. The van der Waals surface area contributed by atoms with Crippen LogP contribution in [0, 0.1) is 31.6 Å². The normalized spacial score (nSPS) is 22.1. The topological polar surface area (TPSA) is 110 Å². The minimum atomic E-state index is -1.34. The van der Waals surface area contributed by atoms with Crippen molar-refractivity contribution in [3.8, 4) is 17.2 Å². The number of rotatable bonds is 28. The maximum atomic E-state index is 15.4. The molecule has 372 valence electrons. The highest BCUT2D eigenvalue weighted by Gasteiger charge is 2.65. The van der Waals surface area contributed by atoms with Gasteiger partial charge in [-0.1, -0.05) is 137 Å². The summed E-state index contributed by atoms with van der Waals surface area (Å²) < 4.78 is 21.6. The molecule has 9 heteroatoms. The van der Waals surface area contributed by atoms with Gasteiger partial charge in [-0.25, -0.2) is 0 Å². The number of aryl methyl sites for hydroxylation is 2. The summed E-state index contributed by atoms with van der Waals surface area (Å²) in [6.45, 7) is 13.8. The Hall–Kier alpha value is -4.96. The molecule has 0 radical (unpaired) electrons. The van der Waals surface area contributed by atoms with Gasteiger partial charge in [-0.05, 0) is 128 Å². The zero-order valence-corrected chi connectivity index (χ0v) is 42.1. The van der Waals surface area contributed by atoms with Crippen LogP contribution in [0.2, 0.25) is 0 Å². The largest absolute Gasteiger partial charge is 0.459 e. The molecule has 1 aliphatic heterocycles. The molecule has 1 fully saturated rings. The van der Waals surface area contributed by atoms with Gasteiger partial charge in [0.2, 0.25) is 11.7 Å². The van der Waals surface area contributed by atoms with Gasteiger partial charge in [-0.15, -0.1) is 6.58 Å². The minimum Gasteiger partial charge on any atom is -0.459 e. The zero-order valence-electron chi connectivity index (χ0n) is 42.1. The van der Waals surface area contributed by atoms with Crippen molar-refractivity contribution in [2.75, 3.05) is 26.4 Å². The van der Waals surface area contributed by atoms with Gasteiger partial charge in [0.25, 0.3) is 0 Å². The van der Waals surface area contributed by atoms with Crippen molar-refractivity contribution >= 4 is 22.4 Å². The average molecular weight is 941 g/mol. The maximum Gasteiger partial charge on any atom is 0.239 e. The summed E-state index contributed by atoms with van der Waals surface area (Å²) in [5.74, 6) is 0.596. The summed E-state index contributed by atoms with van der Waals surface area (Å²) >= 11 is 0. The lowest BCUT2D eigenvalue weighted by molar-refractivity contribution is -0.258. The van der Waals surface area contributed by atoms with Gasteiger partial charge in [0, 0.05) is 44.1 Å². The molecule has 1 heterocycles. The first kappa shape index (κ1) is 51.9. The number of unbranched alkanes of at least 4 members (excludes halogenated alkanes) is 10. The van der Waals surface area contributed by atoms with Crippen LogP contribution in [-0.2, 0) is 20.9 Å². The molecule has 4 aromatic carbocycles. The Morgan fingerprint density at radius 1 is 0.826 bits per heavy atom. The van der Waals surface area contributed by atoms with Gasteiger partial charge in [0.15, 0.2) is 0 Å². The van der Waals surface area contributed by atoms with E-state index in [9.17, 15) is 10.2 Å². The number of aliphatic hydroxyl groups is 2. The molecule has 3 aliphatic rings. The number of fused-ring (bicyclic) bond motifs is 3. The van der Waals surface area contributed by atoms with Crippen molar-refractivity contribution in [3.05, 3.63) is 125 Å². The summed E-state index contributed by atoms with van der Waals surface area (Å²) in [6.07, 6.45) is 20.3. The predicted molar refractivity (Wildman–Crippen MR) is 279 cm³/mol. The highest BCUT2D eigenvalue weighted by atomic mass is 16.7. The van der Waals surface area contributed by atoms with Gasteiger partial charge >= 0.3 is 0 Å². The molecule has 7 rings (SSSR count). The second-order valence-electron chi connectivity index (χ2n) is 19.8. The van der Waals surface area contributed by atoms with Gasteiger partial charge in [0.1, 0.15) is 29.9 Å². The van der Waals surface area contributed by atoms with Crippen LogP contribution in [0.25, 0.3) is 10.8 Å². The molecule has 2 N–H and O–H groups in total. The number of hydrogen-bond acceptors (Lipinski definition) is 8. The van der Waals surface area contributed by atoms with E-state index < -0.39 is 17.7 Å². The summed E-state index contributed by atoms with van der Waals surface area (Å²) in [5, 5.41) is 27.3. The van der Waals surface area contributed by atoms with E-state index in [-0.39, 0.29) is 43.5 Å². The van der Waals surface area contributed by atoms with E-state index in [4.69, 9.17) is 24.2 Å². The third kappa shape index (κ3) is 12.5. The average Bonchev–Trinajstić information content (AvgIpc) is 3.36. The van der Waals surface area contributed by atoms with Crippen LogP contribution in [-0.4, -0.2) is 65.0 Å². The molecular weight excluding hydrogens is 861 g/mol. The van der Waals surface area contributed by atoms with Crippen LogP contribution in [0.3, 0.4) is 0 Å². The Labute approximate surface area is 413 Å². The van der Waals surface area contributed by atoms with E-state index in [1.165, 1.54) is 44.1 Å². The van der Waals surface area contributed by atoms with E-state index in [2.05, 4.69) is 99.0 Å². The van der Waals surface area contributed by atoms with E-state index in [1.54, 1.807) is 6.08 Å². The lowest BCUT2D eigenvalue weighted by atomic mass is 9.55. The standard InChI is InChI=1S/C60H80N2O7/c1-6-9-10-11-12-13-14-15-16-30-57(65)62(42-47-27-23-26-45-24-17-18-28-50(45)47)56-41-54(61-67-8-3)52-39-46(25-19-21-35-63)51(29-20-22-36-64)58-53-40-49(68-48-32-31-43(4)44(5)38-48)33-34-55(53)69-60(56,59(52)58)66-37-7-2/h7,17-18,23-24,26-28,31-34,38-40,46,51,56,58-59,63-64H,2,6,8-16,19-22,25,29-30,35-37,41-42H2,1,3-5H3. The second kappa shape index (κ2) is 25.8. The number of oxime groups is 1. The van der Waals surface area contributed by atoms with E-state index in [0.29, 0.717) is 50.3 Å². The van der Waals surface area contributed by atoms with Crippen molar-refractivity contribution in [2.24, 2.45) is 22.9 Å². The lowest BCUT2D eigenvalue weighted by Crippen LogP contribution is -2.70. The molecule has 2 aliphatic carbocycles. The van der Waals surface area contributed by atoms with Gasteiger partial charge in [0.05, 0.1) is 18.2 Å². The summed E-state index contributed by atoms with van der Waals surface area (Å²) in [4.78, 5) is 23.5.